The fourth-order valence-electron chi connectivity index (χ4n) is 1.40. The lowest BCUT2D eigenvalue weighted by molar-refractivity contribution is 0.259. The van der Waals surface area contributed by atoms with Crippen LogP contribution in [0.15, 0.2) is 12.1 Å². The van der Waals surface area contributed by atoms with Crippen LogP contribution in [0.2, 0.25) is 0 Å². The number of rotatable bonds is 5. The third-order valence-corrected chi connectivity index (χ3v) is 2.34. The number of hydrogen-bond donors (Lipinski definition) is 1. The predicted molar refractivity (Wildman–Crippen MR) is 64.2 cm³/mol. The highest BCUT2D eigenvalue weighted by atomic mass is 35.5. The number of hydrogen-bond acceptors (Lipinski definition) is 4. The number of nitrogens with one attached hydrogen (secondary N) is 1. The van der Waals surface area contributed by atoms with Gasteiger partial charge in [-0.05, 0) is 17.7 Å². The first kappa shape index (κ1) is 13.4. The summed E-state index contributed by atoms with van der Waals surface area (Å²) in [7, 11) is 4.61. The summed E-state index contributed by atoms with van der Waals surface area (Å²) < 4.78 is 15.5. The normalized spacial score (nSPS) is 9.65. The van der Waals surface area contributed by atoms with E-state index >= 15 is 0 Å². The van der Waals surface area contributed by atoms with Gasteiger partial charge in [-0.3, -0.25) is 4.79 Å². The smallest absolute Gasteiger partial charge is 0.314 e. The number of carbonyl (C=O) groups excluding carboxylic acids is 1. The minimum atomic E-state index is -0.623. The molecule has 0 bridgehead atoms. The number of amides is 1. The van der Waals surface area contributed by atoms with E-state index in [1.807, 2.05) is 0 Å². The second kappa shape index (κ2) is 6.20. The summed E-state index contributed by atoms with van der Waals surface area (Å²) in [4.78, 5) is 10.7. The van der Waals surface area contributed by atoms with Crippen molar-refractivity contribution in [3.63, 3.8) is 0 Å². The van der Waals surface area contributed by atoms with E-state index in [0.29, 0.717) is 17.2 Å². The Hall–Kier alpha value is -1.62. The first-order valence-electron chi connectivity index (χ1n) is 4.84. The van der Waals surface area contributed by atoms with Crippen LogP contribution in [0.1, 0.15) is 5.56 Å². The van der Waals surface area contributed by atoms with Crippen molar-refractivity contribution in [2.75, 3.05) is 21.3 Å². The molecule has 0 saturated heterocycles. The Morgan fingerprint density at radius 2 is 1.65 bits per heavy atom. The molecule has 0 atom stereocenters. The fourth-order valence-corrected chi connectivity index (χ4v) is 1.46. The summed E-state index contributed by atoms with van der Waals surface area (Å²) >= 11 is 5.21. The van der Waals surface area contributed by atoms with Gasteiger partial charge in [-0.2, -0.15) is 0 Å². The van der Waals surface area contributed by atoms with Gasteiger partial charge in [0, 0.05) is 18.2 Å². The first-order chi connectivity index (χ1) is 8.12. The fraction of sp³-hybridized carbons (Fsp3) is 0.364. The lowest BCUT2D eigenvalue weighted by Crippen LogP contribution is -2.16. The van der Waals surface area contributed by atoms with Crippen LogP contribution in [-0.2, 0) is 6.54 Å². The number of halogens is 1. The Morgan fingerprint density at radius 3 is 2.12 bits per heavy atom. The van der Waals surface area contributed by atoms with Crippen molar-refractivity contribution in [3.05, 3.63) is 17.7 Å². The van der Waals surface area contributed by atoms with Crippen LogP contribution in [0.25, 0.3) is 0 Å². The summed E-state index contributed by atoms with van der Waals surface area (Å²) in [6, 6.07) is 3.42. The average molecular weight is 260 g/mol. The molecule has 0 aliphatic heterocycles. The summed E-state index contributed by atoms with van der Waals surface area (Å²) in [6.07, 6.45) is 0. The van der Waals surface area contributed by atoms with Gasteiger partial charge >= 0.3 is 5.37 Å². The Kier molecular flexibility index (Phi) is 4.90. The van der Waals surface area contributed by atoms with Crippen LogP contribution in [0.3, 0.4) is 0 Å². The first-order valence-corrected chi connectivity index (χ1v) is 5.22. The maximum atomic E-state index is 10.7. The van der Waals surface area contributed by atoms with Crippen molar-refractivity contribution >= 4 is 17.0 Å². The van der Waals surface area contributed by atoms with Crippen LogP contribution in [-0.4, -0.2) is 26.7 Å². The van der Waals surface area contributed by atoms with Gasteiger partial charge in [0.1, 0.15) is 5.75 Å². The van der Waals surface area contributed by atoms with E-state index in [1.54, 1.807) is 12.1 Å². The Labute approximate surface area is 105 Å². The molecular formula is C11H14ClNO4. The molecule has 0 radical (unpaired) electrons. The van der Waals surface area contributed by atoms with E-state index in [2.05, 4.69) is 5.32 Å². The van der Waals surface area contributed by atoms with Crippen LogP contribution in [0, 0.1) is 0 Å². The van der Waals surface area contributed by atoms with Crippen LogP contribution >= 0.6 is 11.6 Å². The average Bonchev–Trinajstić information content (AvgIpc) is 2.34. The molecule has 0 unspecified atom stereocenters. The van der Waals surface area contributed by atoms with Gasteiger partial charge in [-0.25, -0.2) is 0 Å². The number of carbonyl (C=O) groups is 1. The van der Waals surface area contributed by atoms with E-state index < -0.39 is 5.37 Å². The molecule has 0 heterocycles. The second-order valence-electron chi connectivity index (χ2n) is 3.15. The molecular weight excluding hydrogens is 246 g/mol. The summed E-state index contributed by atoms with van der Waals surface area (Å²) in [5, 5.41) is 1.85. The zero-order valence-corrected chi connectivity index (χ0v) is 10.6. The van der Waals surface area contributed by atoms with Crippen LogP contribution < -0.4 is 19.5 Å². The molecule has 6 heteroatoms. The number of benzene rings is 1. The minimum Gasteiger partial charge on any atom is -0.496 e. The van der Waals surface area contributed by atoms with Crippen molar-refractivity contribution in [3.8, 4) is 17.2 Å². The van der Waals surface area contributed by atoms with Gasteiger partial charge in [0.2, 0.25) is 0 Å². The van der Waals surface area contributed by atoms with Crippen molar-refractivity contribution in [1.82, 2.24) is 5.32 Å². The van der Waals surface area contributed by atoms with E-state index in [1.165, 1.54) is 21.3 Å². The van der Waals surface area contributed by atoms with E-state index in [4.69, 9.17) is 25.8 Å². The van der Waals surface area contributed by atoms with E-state index in [0.717, 1.165) is 5.56 Å². The molecule has 1 aromatic carbocycles. The molecule has 0 aromatic heterocycles. The lowest BCUT2D eigenvalue weighted by Gasteiger charge is -2.13. The molecule has 0 aliphatic carbocycles. The highest BCUT2D eigenvalue weighted by Gasteiger charge is 2.11. The molecule has 1 aromatic rings. The molecule has 94 valence electrons. The van der Waals surface area contributed by atoms with Crippen molar-refractivity contribution in [1.29, 1.82) is 0 Å². The predicted octanol–water partition coefficient (Wildman–Crippen LogP) is 2.16. The van der Waals surface area contributed by atoms with E-state index in [9.17, 15) is 4.79 Å². The van der Waals surface area contributed by atoms with Crippen molar-refractivity contribution in [2.45, 2.75) is 6.54 Å². The molecule has 0 fully saturated rings. The SMILES string of the molecule is COc1cc(OC)c(OC)cc1CNC(=O)Cl. The van der Waals surface area contributed by atoms with E-state index in [-0.39, 0.29) is 6.54 Å². The highest BCUT2D eigenvalue weighted by molar-refractivity contribution is 6.62. The third-order valence-electron chi connectivity index (χ3n) is 2.20. The van der Waals surface area contributed by atoms with Crippen molar-refractivity contribution < 1.29 is 19.0 Å². The lowest BCUT2D eigenvalue weighted by atomic mass is 10.1. The Balaban J connectivity index is 3.05. The minimum absolute atomic E-state index is 0.256. The van der Waals surface area contributed by atoms with Gasteiger partial charge in [-0.15, -0.1) is 0 Å². The molecule has 0 saturated carbocycles. The second-order valence-corrected chi connectivity index (χ2v) is 3.49. The monoisotopic (exact) mass is 259 g/mol. The van der Waals surface area contributed by atoms with Crippen LogP contribution in [0.4, 0.5) is 4.79 Å². The number of methoxy groups -OCH3 is 3. The van der Waals surface area contributed by atoms with Gasteiger partial charge in [-0.1, -0.05) is 0 Å². The number of ether oxygens (including phenoxy) is 3. The highest BCUT2D eigenvalue weighted by Crippen LogP contribution is 2.34. The molecule has 0 aliphatic rings. The zero-order valence-electron chi connectivity index (χ0n) is 9.87. The third kappa shape index (κ3) is 3.42. The maximum absolute atomic E-state index is 10.7. The summed E-state index contributed by atoms with van der Waals surface area (Å²) in [5.41, 5.74) is 0.749. The zero-order chi connectivity index (χ0) is 12.8. The Bertz CT molecular complexity index is 409. The molecule has 1 N–H and O–H groups in total. The summed E-state index contributed by atoms with van der Waals surface area (Å²) in [5.74, 6) is 1.71. The largest absolute Gasteiger partial charge is 0.496 e. The standard InChI is InChI=1S/C11H14ClNO4/c1-15-8-5-10(17-3)9(16-2)4-7(8)6-13-11(12)14/h4-5H,6H2,1-3H3,(H,13,14). The molecule has 17 heavy (non-hydrogen) atoms. The molecule has 1 rings (SSSR count). The van der Waals surface area contributed by atoms with Crippen LogP contribution in [0.5, 0.6) is 17.2 Å². The maximum Gasteiger partial charge on any atom is 0.314 e. The van der Waals surface area contributed by atoms with Crippen molar-refractivity contribution in [2.24, 2.45) is 0 Å². The van der Waals surface area contributed by atoms with Gasteiger partial charge in [0.15, 0.2) is 11.5 Å². The Morgan fingerprint density at radius 1 is 1.12 bits per heavy atom. The quantitative estimate of drug-likeness (QED) is 0.650. The van der Waals surface area contributed by atoms with Gasteiger partial charge < -0.3 is 19.5 Å². The summed E-state index contributed by atoms with van der Waals surface area (Å²) in [6.45, 7) is 0.256. The molecule has 1 amide bonds. The molecule has 0 spiro atoms. The van der Waals surface area contributed by atoms with Gasteiger partial charge in [0.05, 0.1) is 21.3 Å². The molecule has 5 nitrogen and oxygen atoms in total. The van der Waals surface area contributed by atoms with Gasteiger partial charge in [0.25, 0.3) is 0 Å². The topological polar surface area (TPSA) is 56.8 Å².